The van der Waals surface area contributed by atoms with Crippen LogP contribution in [0.5, 0.6) is 11.9 Å². The summed E-state index contributed by atoms with van der Waals surface area (Å²) in [6.07, 6.45) is -3.18. The second-order valence-electron chi connectivity index (χ2n) is 8.50. The summed E-state index contributed by atoms with van der Waals surface area (Å²) in [5, 5.41) is 6.30. The number of carbonyl (C=O) groups is 1. The van der Waals surface area contributed by atoms with Crippen LogP contribution < -0.4 is 19.5 Å². The topological polar surface area (TPSA) is 150 Å². The van der Waals surface area contributed by atoms with Crippen LogP contribution >= 0.6 is 0 Å². The summed E-state index contributed by atoms with van der Waals surface area (Å²) in [5.41, 5.74) is -0.905. The third-order valence-corrected chi connectivity index (χ3v) is 7.07. The molecule has 1 amide bonds. The number of hydrogen-bond acceptors (Lipinski definition) is 9. The third kappa shape index (κ3) is 5.55. The fourth-order valence-electron chi connectivity index (χ4n) is 3.66. The Morgan fingerprint density at radius 1 is 1.03 bits per heavy atom. The molecule has 3 heterocycles. The smallest absolute Gasteiger partial charge is 0.433 e. The highest BCUT2D eigenvalue weighted by atomic mass is 32.2. The Morgan fingerprint density at radius 2 is 1.74 bits per heavy atom. The molecule has 0 atom stereocenters. The highest BCUT2D eigenvalue weighted by Crippen LogP contribution is 2.41. The molecule has 1 saturated carbocycles. The van der Waals surface area contributed by atoms with Crippen LogP contribution in [-0.2, 0) is 16.2 Å². The molecule has 1 aliphatic rings. The van der Waals surface area contributed by atoms with Crippen molar-refractivity contribution in [1.82, 2.24) is 24.6 Å². The van der Waals surface area contributed by atoms with Gasteiger partial charge in [0, 0.05) is 29.4 Å². The summed E-state index contributed by atoms with van der Waals surface area (Å²) >= 11 is 0. The van der Waals surface area contributed by atoms with Crippen molar-refractivity contribution in [1.29, 1.82) is 0 Å². The number of halogens is 3. The molecule has 0 unspecified atom stereocenters. The first kappa shape index (κ1) is 26.1. The zero-order valence-electron chi connectivity index (χ0n) is 20.4. The predicted octanol–water partition coefficient (Wildman–Crippen LogP) is 3.49. The van der Waals surface area contributed by atoms with Crippen LogP contribution in [0.25, 0.3) is 5.65 Å². The van der Waals surface area contributed by atoms with Crippen LogP contribution in [0.2, 0.25) is 0 Å². The number of amides is 1. The maximum Gasteiger partial charge on any atom is 0.433 e. The maximum absolute atomic E-state index is 13.6. The molecule has 204 valence electrons. The normalized spacial score (nSPS) is 13.8. The van der Waals surface area contributed by atoms with Crippen molar-refractivity contribution < 1.29 is 35.9 Å². The van der Waals surface area contributed by atoms with Crippen molar-refractivity contribution in [2.24, 2.45) is 0 Å². The molecule has 16 heteroatoms. The minimum atomic E-state index is -4.69. The van der Waals surface area contributed by atoms with E-state index in [9.17, 15) is 26.4 Å². The monoisotopic (exact) mass is 563 g/mol. The highest BCUT2D eigenvalue weighted by molar-refractivity contribution is 7.92. The number of benzene rings is 1. The third-order valence-electron chi connectivity index (χ3n) is 5.70. The molecule has 39 heavy (non-hydrogen) atoms. The molecule has 0 saturated heterocycles. The molecule has 0 radical (unpaired) electrons. The molecule has 2 N–H and O–H groups in total. The molecule has 12 nitrogen and oxygen atoms in total. The summed E-state index contributed by atoms with van der Waals surface area (Å²) < 4.78 is 79.3. The lowest BCUT2D eigenvalue weighted by Crippen LogP contribution is -2.16. The number of fused-ring (bicyclic) bond motifs is 1. The first-order chi connectivity index (χ1) is 18.5. The van der Waals surface area contributed by atoms with Crippen molar-refractivity contribution in [3.63, 3.8) is 0 Å². The fraction of sp³-hybridized carbons (Fsp3) is 0.261. The number of anilines is 2. The molecule has 5 rings (SSSR count). The number of hydrogen-bond donors (Lipinski definition) is 2. The van der Waals surface area contributed by atoms with Gasteiger partial charge in [-0.05, 0) is 43.2 Å². The summed E-state index contributed by atoms with van der Waals surface area (Å²) in [6.45, 7) is 0. The van der Waals surface area contributed by atoms with E-state index in [-0.39, 0.29) is 45.6 Å². The molecule has 0 bridgehead atoms. The van der Waals surface area contributed by atoms with Gasteiger partial charge >= 0.3 is 12.2 Å². The van der Waals surface area contributed by atoms with Crippen molar-refractivity contribution in [2.45, 2.75) is 29.8 Å². The van der Waals surface area contributed by atoms with Gasteiger partial charge in [-0.15, -0.1) is 0 Å². The van der Waals surface area contributed by atoms with Gasteiger partial charge in [0.1, 0.15) is 5.69 Å². The first-order valence-corrected chi connectivity index (χ1v) is 12.8. The predicted molar refractivity (Wildman–Crippen MR) is 130 cm³/mol. The van der Waals surface area contributed by atoms with E-state index in [0.29, 0.717) is 10.2 Å². The van der Waals surface area contributed by atoms with Crippen molar-refractivity contribution in [2.75, 3.05) is 24.3 Å². The number of methoxy groups -OCH3 is 2. The van der Waals surface area contributed by atoms with E-state index < -0.39 is 27.8 Å². The van der Waals surface area contributed by atoms with Gasteiger partial charge < -0.3 is 14.8 Å². The van der Waals surface area contributed by atoms with Crippen molar-refractivity contribution in [3.8, 4) is 11.9 Å². The molecular weight excluding hydrogens is 543 g/mol. The van der Waals surface area contributed by atoms with Crippen LogP contribution in [0.4, 0.5) is 24.7 Å². The van der Waals surface area contributed by atoms with Gasteiger partial charge in [-0.3, -0.25) is 9.52 Å². The minimum absolute atomic E-state index is 0.0362. The van der Waals surface area contributed by atoms with E-state index in [2.05, 4.69) is 30.1 Å². The van der Waals surface area contributed by atoms with Gasteiger partial charge in [-0.25, -0.2) is 17.9 Å². The number of nitrogens with one attached hydrogen (secondary N) is 2. The van der Waals surface area contributed by atoms with Gasteiger partial charge in [0.15, 0.2) is 17.2 Å². The second-order valence-corrected chi connectivity index (χ2v) is 10.2. The van der Waals surface area contributed by atoms with E-state index in [1.165, 1.54) is 50.6 Å². The van der Waals surface area contributed by atoms with Gasteiger partial charge in [0.25, 0.3) is 15.9 Å². The van der Waals surface area contributed by atoms with E-state index in [4.69, 9.17) is 9.47 Å². The van der Waals surface area contributed by atoms with Crippen molar-refractivity contribution in [3.05, 3.63) is 59.5 Å². The van der Waals surface area contributed by atoms with Crippen LogP contribution in [0, 0.1) is 0 Å². The molecule has 1 aromatic carbocycles. The standard InChI is InChI=1S/C23H20F3N7O5S/c1-37-20-11-18(29-22(30-20)38-2)32-39(35,36)14-7-5-13(6-8-14)27-21(34)16-10-19-28-15(12-3-4-12)9-17(23(24,25)26)33(19)31-16/h5-12H,3-4H2,1-2H3,(H,27,34)(H,29,30,32). The SMILES string of the molecule is COc1cc(NS(=O)(=O)c2ccc(NC(=O)c3cc4nc(C5CC5)cc(C(F)(F)F)n4n3)cc2)nc(OC)n1. The lowest BCUT2D eigenvalue weighted by Gasteiger charge is -2.10. The molecule has 0 spiro atoms. The van der Waals surface area contributed by atoms with Gasteiger partial charge in [-0.2, -0.15) is 28.2 Å². The Hall–Kier alpha value is -4.47. The Morgan fingerprint density at radius 3 is 2.36 bits per heavy atom. The fourth-order valence-corrected chi connectivity index (χ4v) is 4.65. The van der Waals surface area contributed by atoms with Crippen molar-refractivity contribution >= 4 is 33.1 Å². The second kappa shape index (κ2) is 9.68. The Kier molecular flexibility index (Phi) is 6.49. The summed E-state index contributed by atoms with van der Waals surface area (Å²) in [5.74, 6) is -0.855. The Labute approximate surface area is 219 Å². The number of rotatable bonds is 8. The lowest BCUT2D eigenvalue weighted by molar-refractivity contribution is -0.142. The summed E-state index contributed by atoms with van der Waals surface area (Å²) in [4.78, 5) is 24.6. The summed E-state index contributed by atoms with van der Waals surface area (Å²) in [6, 6.07) is 8.35. The lowest BCUT2D eigenvalue weighted by atomic mass is 10.2. The van der Waals surface area contributed by atoms with E-state index in [1.54, 1.807) is 0 Å². The number of alkyl halides is 3. The molecule has 1 aliphatic carbocycles. The Bertz CT molecular complexity index is 1650. The minimum Gasteiger partial charge on any atom is -0.481 e. The van der Waals surface area contributed by atoms with Crippen LogP contribution in [-0.4, -0.2) is 53.1 Å². The van der Waals surface area contributed by atoms with Gasteiger partial charge in [0.05, 0.1) is 19.1 Å². The zero-order valence-corrected chi connectivity index (χ0v) is 21.2. The quantitative estimate of drug-likeness (QED) is 0.328. The average molecular weight is 564 g/mol. The van der Waals surface area contributed by atoms with Crippen LogP contribution in [0.1, 0.15) is 40.6 Å². The average Bonchev–Trinajstić information content (AvgIpc) is 3.65. The molecule has 0 aliphatic heterocycles. The number of ether oxygens (including phenoxy) is 2. The van der Waals surface area contributed by atoms with Crippen LogP contribution in [0.15, 0.2) is 47.4 Å². The Balaban J connectivity index is 1.34. The largest absolute Gasteiger partial charge is 0.481 e. The molecular formula is C23H20F3N7O5S. The van der Waals surface area contributed by atoms with E-state index in [0.717, 1.165) is 18.9 Å². The number of nitrogens with zero attached hydrogens (tertiary/aromatic N) is 5. The summed E-state index contributed by atoms with van der Waals surface area (Å²) in [7, 11) is -1.44. The molecule has 3 aromatic heterocycles. The highest BCUT2D eigenvalue weighted by Gasteiger charge is 2.37. The number of sulfonamides is 1. The van der Waals surface area contributed by atoms with Crippen LogP contribution in [0.3, 0.4) is 0 Å². The number of aromatic nitrogens is 5. The maximum atomic E-state index is 13.6. The molecule has 1 fully saturated rings. The van der Waals surface area contributed by atoms with Gasteiger partial charge in [-0.1, -0.05) is 0 Å². The zero-order chi connectivity index (χ0) is 27.9. The molecule has 4 aromatic rings. The van der Waals surface area contributed by atoms with Gasteiger partial charge in [0.2, 0.25) is 5.88 Å². The van der Waals surface area contributed by atoms with E-state index in [1.807, 2.05) is 0 Å². The first-order valence-electron chi connectivity index (χ1n) is 11.4. The number of carbonyl (C=O) groups excluding carboxylic acids is 1. The van der Waals surface area contributed by atoms with E-state index >= 15 is 0 Å².